The number of aryl methyl sites for hydroxylation is 1. The van der Waals surface area contributed by atoms with Gasteiger partial charge in [-0.05, 0) is 18.6 Å². The van der Waals surface area contributed by atoms with E-state index in [4.69, 9.17) is 11.6 Å². The summed E-state index contributed by atoms with van der Waals surface area (Å²) in [6.07, 6.45) is 1.67. The number of hydrogen-bond donors (Lipinski definition) is 1. The molecule has 1 aliphatic carbocycles. The van der Waals surface area contributed by atoms with Gasteiger partial charge >= 0.3 is 0 Å². The SMILES string of the molecule is Cc1ccc(NC2=C(Cl)C(=O)c3ccccc3C2=O)nc1. The van der Waals surface area contributed by atoms with Crippen LogP contribution in [-0.4, -0.2) is 16.6 Å². The number of nitrogens with one attached hydrogen (secondary N) is 1. The monoisotopic (exact) mass is 298 g/mol. The summed E-state index contributed by atoms with van der Waals surface area (Å²) < 4.78 is 0. The van der Waals surface area contributed by atoms with E-state index in [2.05, 4.69) is 10.3 Å². The maximum atomic E-state index is 12.5. The zero-order chi connectivity index (χ0) is 15.0. The van der Waals surface area contributed by atoms with Gasteiger partial charge in [-0.1, -0.05) is 41.9 Å². The number of rotatable bonds is 2. The van der Waals surface area contributed by atoms with E-state index in [1.165, 1.54) is 0 Å². The lowest BCUT2D eigenvalue weighted by Crippen LogP contribution is -2.24. The molecule has 0 radical (unpaired) electrons. The highest BCUT2D eigenvalue weighted by atomic mass is 35.5. The Morgan fingerprint density at radius 2 is 1.67 bits per heavy atom. The Morgan fingerprint density at radius 1 is 1.00 bits per heavy atom. The van der Waals surface area contributed by atoms with Crippen LogP contribution in [-0.2, 0) is 0 Å². The summed E-state index contributed by atoms with van der Waals surface area (Å²) >= 11 is 6.06. The lowest BCUT2D eigenvalue weighted by atomic mass is 9.92. The predicted molar refractivity (Wildman–Crippen MR) is 80.6 cm³/mol. The molecule has 0 unspecified atom stereocenters. The van der Waals surface area contributed by atoms with Gasteiger partial charge in [-0.2, -0.15) is 0 Å². The lowest BCUT2D eigenvalue weighted by Gasteiger charge is -2.18. The van der Waals surface area contributed by atoms with Gasteiger partial charge in [-0.3, -0.25) is 9.59 Å². The molecule has 0 saturated carbocycles. The predicted octanol–water partition coefficient (Wildman–Crippen LogP) is 3.33. The first-order valence-corrected chi connectivity index (χ1v) is 6.73. The summed E-state index contributed by atoms with van der Waals surface area (Å²) in [5.74, 6) is -0.201. The average Bonchev–Trinajstić information content (AvgIpc) is 2.51. The summed E-state index contributed by atoms with van der Waals surface area (Å²) in [5, 5.41) is 2.73. The van der Waals surface area contributed by atoms with Crippen molar-refractivity contribution in [3.63, 3.8) is 0 Å². The van der Waals surface area contributed by atoms with Crippen molar-refractivity contribution >= 4 is 29.0 Å². The molecule has 5 heteroatoms. The molecule has 1 N–H and O–H groups in total. The number of halogens is 1. The normalized spacial score (nSPS) is 14.2. The van der Waals surface area contributed by atoms with Crippen molar-refractivity contribution in [1.82, 2.24) is 4.98 Å². The molecule has 0 saturated heterocycles. The van der Waals surface area contributed by atoms with Gasteiger partial charge in [0.05, 0.1) is 0 Å². The number of aromatic nitrogens is 1. The Kier molecular flexibility index (Phi) is 3.31. The average molecular weight is 299 g/mol. The Morgan fingerprint density at radius 3 is 2.29 bits per heavy atom. The fourth-order valence-electron chi connectivity index (χ4n) is 2.13. The lowest BCUT2D eigenvalue weighted by molar-refractivity contribution is 0.0982. The van der Waals surface area contributed by atoms with Gasteiger partial charge < -0.3 is 5.32 Å². The van der Waals surface area contributed by atoms with Crippen LogP contribution in [0, 0.1) is 6.92 Å². The second-order valence-electron chi connectivity index (χ2n) is 4.74. The first-order valence-electron chi connectivity index (χ1n) is 6.36. The van der Waals surface area contributed by atoms with Crippen LogP contribution in [0.3, 0.4) is 0 Å². The van der Waals surface area contributed by atoms with Crippen LogP contribution in [0.5, 0.6) is 0 Å². The number of allylic oxidation sites excluding steroid dienone is 2. The molecule has 0 amide bonds. The molecule has 1 aliphatic rings. The molecule has 4 nitrogen and oxygen atoms in total. The molecule has 3 rings (SSSR count). The molecule has 104 valence electrons. The van der Waals surface area contributed by atoms with Gasteiger partial charge in [0.2, 0.25) is 11.6 Å². The molecule has 1 aromatic heterocycles. The van der Waals surface area contributed by atoms with Crippen molar-refractivity contribution in [2.75, 3.05) is 5.32 Å². The number of ketones is 2. The quantitative estimate of drug-likeness (QED) is 0.924. The summed E-state index contributed by atoms with van der Waals surface area (Å²) in [6.45, 7) is 1.91. The largest absolute Gasteiger partial charge is 0.336 e. The van der Waals surface area contributed by atoms with Gasteiger partial charge in [-0.15, -0.1) is 0 Å². The van der Waals surface area contributed by atoms with Crippen LogP contribution in [0.2, 0.25) is 0 Å². The zero-order valence-electron chi connectivity index (χ0n) is 11.2. The van der Waals surface area contributed by atoms with E-state index in [1.807, 2.05) is 13.0 Å². The summed E-state index contributed by atoms with van der Waals surface area (Å²) in [6, 6.07) is 10.2. The van der Waals surface area contributed by atoms with Gasteiger partial charge in [0, 0.05) is 17.3 Å². The number of benzene rings is 1. The van der Waals surface area contributed by atoms with E-state index >= 15 is 0 Å². The van der Waals surface area contributed by atoms with Crippen molar-refractivity contribution in [3.8, 4) is 0 Å². The highest BCUT2D eigenvalue weighted by Gasteiger charge is 2.31. The van der Waals surface area contributed by atoms with Gasteiger partial charge in [0.15, 0.2) is 0 Å². The minimum atomic E-state index is -0.360. The molecule has 1 aromatic carbocycles. The maximum absolute atomic E-state index is 12.5. The third kappa shape index (κ3) is 2.34. The van der Waals surface area contributed by atoms with Crippen LogP contribution in [0.4, 0.5) is 5.82 Å². The number of anilines is 1. The van der Waals surface area contributed by atoms with E-state index in [1.54, 1.807) is 36.5 Å². The number of hydrogen-bond acceptors (Lipinski definition) is 4. The van der Waals surface area contributed by atoms with Crippen LogP contribution in [0.1, 0.15) is 26.3 Å². The van der Waals surface area contributed by atoms with Crippen molar-refractivity contribution < 1.29 is 9.59 Å². The number of Topliss-reactive ketones (excluding diaryl/α,β-unsaturated/α-hetero) is 2. The molecule has 0 atom stereocenters. The molecule has 0 bridgehead atoms. The van der Waals surface area contributed by atoms with Gasteiger partial charge in [0.1, 0.15) is 16.5 Å². The molecule has 0 fully saturated rings. The summed E-state index contributed by atoms with van der Waals surface area (Å²) in [5.41, 5.74) is 1.74. The topological polar surface area (TPSA) is 59.1 Å². The van der Waals surface area contributed by atoms with Crippen molar-refractivity contribution in [3.05, 3.63) is 70.0 Å². The minimum absolute atomic E-state index is 0.0664. The van der Waals surface area contributed by atoms with Crippen molar-refractivity contribution in [2.24, 2.45) is 0 Å². The minimum Gasteiger partial charge on any atom is -0.336 e. The Hall–Kier alpha value is -2.46. The highest BCUT2D eigenvalue weighted by molar-refractivity contribution is 6.50. The molecule has 0 aliphatic heterocycles. The second-order valence-corrected chi connectivity index (χ2v) is 5.12. The van der Waals surface area contributed by atoms with E-state index in [9.17, 15) is 9.59 Å². The van der Waals surface area contributed by atoms with Crippen molar-refractivity contribution in [2.45, 2.75) is 6.92 Å². The number of nitrogens with zero attached hydrogens (tertiary/aromatic N) is 1. The Bertz CT molecular complexity index is 779. The molecular formula is C16H11ClN2O2. The van der Waals surface area contributed by atoms with Crippen LogP contribution < -0.4 is 5.32 Å². The summed E-state index contributed by atoms with van der Waals surface area (Å²) in [4.78, 5) is 28.8. The smallest absolute Gasteiger partial charge is 0.211 e. The molecule has 21 heavy (non-hydrogen) atoms. The Labute approximate surface area is 126 Å². The third-order valence-corrected chi connectivity index (χ3v) is 3.59. The third-order valence-electron chi connectivity index (χ3n) is 3.23. The molecular weight excluding hydrogens is 288 g/mol. The maximum Gasteiger partial charge on any atom is 0.211 e. The van der Waals surface area contributed by atoms with Crippen LogP contribution >= 0.6 is 11.6 Å². The van der Waals surface area contributed by atoms with Crippen LogP contribution in [0.25, 0.3) is 0 Å². The van der Waals surface area contributed by atoms with E-state index in [0.29, 0.717) is 16.9 Å². The van der Waals surface area contributed by atoms with Gasteiger partial charge in [-0.25, -0.2) is 4.98 Å². The standard InChI is InChI=1S/C16H11ClN2O2/c1-9-6-7-12(18-8-9)19-14-13(17)15(20)10-4-2-3-5-11(10)16(14)21/h2-8H,1H3,(H,18,19). The highest BCUT2D eigenvalue weighted by Crippen LogP contribution is 2.28. The van der Waals surface area contributed by atoms with Crippen LogP contribution in [0.15, 0.2) is 53.3 Å². The first kappa shape index (κ1) is 13.5. The Balaban J connectivity index is 2.02. The fraction of sp³-hybridized carbons (Fsp3) is 0.0625. The molecule has 0 spiro atoms. The number of fused-ring (bicyclic) bond motifs is 1. The zero-order valence-corrected chi connectivity index (χ0v) is 11.9. The van der Waals surface area contributed by atoms with E-state index in [-0.39, 0.29) is 22.3 Å². The number of carbonyl (C=O) groups is 2. The fourth-order valence-corrected chi connectivity index (χ4v) is 2.36. The first-order chi connectivity index (χ1) is 10.1. The molecule has 2 aromatic rings. The van der Waals surface area contributed by atoms with E-state index in [0.717, 1.165) is 5.56 Å². The van der Waals surface area contributed by atoms with Gasteiger partial charge in [0.25, 0.3) is 0 Å². The second kappa shape index (κ2) is 5.14. The molecule has 1 heterocycles. The number of carbonyl (C=O) groups excluding carboxylic acids is 2. The summed E-state index contributed by atoms with van der Waals surface area (Å²) in [7, 11) is 0. The van der Waals surface area contributed by atoms with Crippen molar-refractivity contribution in [1.29, 1.82) is 0 Å². The van der Waals surface area contributed by atoms with E-state index < -0.39 is 0 Å². The number of pyridine rings is 1.